The van der Waals surface area contributed by atoms with Crippen molar-refractivity contribution < 1.29 is 23.9 Å². The van der Waals surface area contributed by atoms with Gasteiger partial charge in [-0.15, -0.1) is 0 Å². The monoisotopic (exact) mass is 276 g/mol. The van der Waals surface area contributed by atoms with Crippen molar-refractivity contribution in [3.63, 3.8) is 0 Å². The predicted octanol–water partition coefficient (Wildman–Crippen LogP) is 0.739. The Morgan fingerprint density at radius 2 is 1.70 bits per heavy atom. The van der Waals surface area contributed by atoms with Gasteiger partial charge in [0.25, 0.3) is 5.91 Å². The molecule has 1 heterocycles. The van der Waals surface area contributed by atoms with Crippen molar-refractivity contribution in [1.82, 2.24) is 0 Å². The van der Waals surface area contributed by atoms with Gasteiger partial charge in [0.05, 0.1) is 31.9 Å². The third kappa shape index (κ3) is 2.51. The molecule has 1 aliphatic rings. The first-order valence-corrected chi connectivity index (χ1v) is 5.74. The van der Waals surface area contributed by atoms with Crippen LogP contribution in [0.25, 0.3) is 0 Å². The zero-order valence-corrected chi connectivity index (χ0v) is 11.0. The van der Waals surface area contributed by atoms with Crippen LogP contribution < -0.4 is 5.01 Å². The summed E-state index contributed by atoms with van der Waals surface area (Å²) in [6, 6.07) is 6.13. The lowest BCUT2D eigenvalue weighted by Gasteiger charge is -2.11. The highest BCUT2D eigenvalue weighted by atomic mass is 16.5. The summed E-state index contributed by atoms with van der Waals surface area (Å²) < 4.78 is 9.10. The number of nitrogens with zero attached hydrogens (tertiary/aromatic N) is 2. The highest BCUT2D eigenvalue weighted by Crippen LogP contribution is 2.21. The van der Waals surface area contributed by atoms with Crippen molar-refractivity contribution in [1.29, 1.82) is 0 Å². The quantitative estimate of drug-likeness (QED) is 0.760. The number of hydrogen-bond donors (Lipinski definition) is 0. The third-order valence-electron chi connectivity index (χ3n) is 2.73. The molecular formula is C13H12N2O5. The molecule has 0 saturated heterocycles. The molecule has 0 aliphatic carbocycles. The maximum atomic E-state index is 11.8. The topological polar surface area (TPSA) is 85.3 Å². The molecule has 0 radical (unpaired) electrons. The zero-order chi connectivity index (χ0) is 14.7. The molecule has 0 aromatic heterocycles. The van der Waals surface area contributed by atoms with E-state index in [0.717, 1.165) is 5.01 Å². The molecule has 20 heavy (non-hydrogen) atoms. The van der Waals surface area contributed by atoms with Gasteiger partial charge in [0.1, 0.15) is 0 Å². The van der Waals surface area contributed by atoms with Crippen LogP contribution in [0.2, 0.25) is 0 Å². The molecule has 2 rings (SSSR count). The Labute approximate surface area is 114 Å². The van der Waals surface area contributed by atoms with E-state index in [4.69, 9.17) is 0 Å². The molecule has 1 aliphatic heterocycles. The molecule has 7 nitrogen and oxygen atoms in total. The number of amides is 1. The molecule has 0 N–H and O–H groups in total. The SMILES string of the molecule is COC(=O)C1=NN(c2ccc(C(=O)OC)cc2)C(=O)C1. The van der Waals surface area contributed by atoms with Gasteiger partial charge in [0.15, 0.2) is 5.71 Å². The van der Waals surface area contributed by atoms with Crippen LogP contribution in [0.15, 0.2) is 29.4 Å². The van der Waals surface area contributed by atoms with Crippen molar-refractivity contribution in [3.8, 4) is 0 Å². The lowest BCUT2D eigenvalue weighted by atomic mass is 10.2. The van der Waals surface area contributed by atoms with Gasteiger partial charge in [-0.25, -0.2) is 9.59 Å². The third-order valence-corrected chi connectivity index (χ3v) is 2.73. The maximum absolute atomic E-state index is 11.8. The van der Waals surface area contributed by atoms with E-state index in [2.05, 4.69) is 14.6 Å². The van der Waals surface area contributed by atoms with E-state index in [1.807, 2.05) is 0 Å². The summed E-state index contributed by atoms with van der Waals surface area (Å²) in [5.41, 5.74) is 0.871. The number of methoxy groups -OCH3 is 2. The van der Waals surface area contributed by atoms with Crippen molar-refractivity contribution in [2.24, 2.45) is 5.10 Å². The van der Waals surface area contributed by atoms with Gasteiger partial charge in [0, 0.05) is 0 Å². The Kier molecular flexibility index (Phi) is 3.79. The maximum Gasteiger partial charge on any atom is 0.354 e. The number of rotatable bonds is 3. The minimum Gasteiger partial charge on any atom is -0.465 e. The fourth-order valence-corrected chi connectivity index (χ4v) is 1.72. The van der Waals surface area contributed by atoms with Gasteiger partial charge in [-0.05, 0) is 24.3 Å². The first-order chi connectivity index (χ1) is 9.56. The molecule has 0 fully saturated rings. The molecule has 1 amide bonds. The van der Waals surface area contributed by atoms with E-state index in [9.17, 15) is 14.4 Å². The second-order valence-electron chi connectivity index (χ2n) is 3.96. The number of hydrogen-bond acceptors (Lipinski definition) is 6. The van der Waals surface area contributed by atoms with Gasteiger partial charge in [-0.2, -0.15) is 10.1 Å². The van der Waals surface area contributed by atoms with Crippen molar-refractivity contribution in [2.45, 2.75) is 6.42 Å². The van der Waals surface area contributed by atoms with Crippen LogP contribution >= 0.6 is 0 Å². The second-order valence-corrected chi connectivity index (χ2v) is 3.96. The summed E-state index contributed by atoms with van der Waals surface area (Å²) in [4.78, 5) is 34.4. The first-order valence-electron chi connectivity index (χ1n) is 5.74. The fraction of sp³-hybridized carbons (Fsp3) is 0.231. The van der Waals surface area contributed by atoms with E-state index in [1.165, 1.54) is 26.4 Å². The van der Waals surface area contributed by atoms with E-state index in [-0.39, 0.29) is 18.0 Å². The first kappa shape index (κ1) is 13.7. The normalized spacial score (nSPS) is 14.0. The Morgan fingerprint density at radius 3 is 2.25 bits per heavy atom. The van der Waals surface area contributed by atoms with E-state index in [0.29, 0.717) is 11.3 Å². The lowest BCUT2D eigenvalue weighted by Crippen LogP contribution is -2.19. The van der Waals surface area contributed by atoms with Gasteiger partial charge in [-0.3, -0.25) is 4.79 Å². The molecule has 1 aromatic rings. The van der Waals surface area contributed by atoms with Crippen molar-refractivity contribution in [3.05, 3.63) is 29.8 Å². The standard InChI is InChI=1S/C13H12N2O5/c1-19-12(17)8-3-5-9(6-4-8)15-11(16)7-10(14-15)13(18)20-2/h3-6H,7H2,1-2H3. The summed E-state index contributed by atoms with van der Waals surface area (Å²) in [6.07, 6.45) is -0.106. The second kappa shape index (κ2) is 5.52. The van der Waals surface area contributed by atoms with Crippen LogP contribution in [0.1, 0.15) is 16.8 Å². The highest BCUT2D eigenvalue weighted by molar-refractivity contribution is 6.42. The van der Waals surface area contributed by atoms with Crippen LogP contribution in [0.5, 0.6) is 0 Å². The highest BCUT2D eigenvalue weighted by Gasteiger charge is 2.29. The number of ether oxygens (including phenoxy) is 2. The number of benzene rings is 1. The largest absolute Gasteiger partial charge is 0.465 e. The van der Waals surface area contributed by atoms with E-state index < -0.39 is 11.9 Å². The summed E-state index contributed by atoms with van der Waals surface area (Å²) in [5, 5.41) is 5.02. The van der Waals surface area contributed by atoms with E-state index in [1.54, 1.807) is 12.1 Å². The average Bonchev–Trinajstić information content (AvgIpc) is 2.87. The zero-order valence-electron chi connectivity index (χ0n) is 11.0. The van der Waals surface area contributed by atoms with Crippen molar-refractivity contribution >= 4 is 29.2 Å². The van der Waals surface area contributed by atoms with Gasteiger partial charge >= 0.3 is 11.9 Å². The number of carbonyl (C=O) groups is 3. The lowest BCUT2D eigenvalue weighted by molar-refractivity contribution is -0.133. The number of esters is 2. The van der Waals surface area contributed by atoms with Gasteiger partial charge in [0.2, 0.25) is 0 Å². The van der Waals surface area contributed by atoms with Crippen LogP contribution in [-0.2, 0) is 19.1 Å². The Hall–Kier alpha value is -2.70. The molecule has 0 spiro atoms. The molecule has 7 heteroatoms. The molecular weight excluding hydrogens is 264 g/mol. The molecule has 104 valence electrons. The Morgan fingerprint density at radius 1 is 1.10 bits per heavy atom. The number of hydrazone groups is 1. The van der Waals surface area contributed by atoms with Crippen LogP contribution in [0, 0.1) is 0 Å². The van der Waals surface area contributed by atoms with E-state index >= 15 is 0 Å². The minimum absolute atomic E-state index is 0.0505. The Balaban J connectivity index is 2.23. The molecule has 0 bridgehead atoms. The average molecular weight is 276 g/mol. The molecule has 1 aromatic carbocycles. The van der Waals surface area contributed by atoms with Crippen molar-refractivity contribution in [2.75, 3.05) is 19.2 Å². The van der Waals surface area contributed by atoms with Gasteiger partial charge in [-0.1, -0.05) is 0 Å². The summed E-state index contributed by atoms with van der Waals surface area (Å²) in [7, 11) is 2.51. The molecule has 0 saturated carbocycles. The summed E-state index contributed by atoms with van der Waals surface area (Å²) in [5.74, 6) is -1.44. The molecule has 0 unspecified atom stereocenters. The van der Waals surface area contributed by atoms with Gasteiger partial charge < -0.3 is 9.47 Å². The summed E-state index contributed by atoms with van der Waals surface area (Å²) in [6.45, 7) is 0. The number of anilines is 1. The van der Waals surface area contributed by atoms with Crippen LogP contribution in [0.3, 0.4) is 0 Å². The van der Waals surface area contributed by atoms with Crippen LogP contribution in [-0.4, -0.2) is 37.8 Å². The van der Waals surface area contributed by atoms with Crippen LogP contribution in [0.4, 0.5) is 5.69 Å². The molecule has 0 atom stereocenters. The summed E-state index contributed by atoms with van der Waals surface area (Å²) >= 11 is 0. The Bertz CT molecular complexity index is 591. The number of carbonyl (C=O) groups excluding carboxylic acids is 3. The predicted molar refractivity (Wildman–Crippen MR) is 69.3 cm³/mol. The smallest absolute Gasteiger partial charge is 0.354 e. The fourth-order valence-electron chi connectivity index (χ4n) is 1.72. The minimum atomic E-state index is -0.632.